The van der Waals surface area contributed by atoms with E-state index in [9.17, 15) is 4.79 Å². The molecule has 0 radical (unpaired) electrons. The molecule has 1 rings (SSSR count). The molecule has 0 aliphatic rings. The number of carbonyl (C=O) groups is 1. The molecule has 1 atom stereocenters. The largest absolute Gasteiger partial charge is 0.478 e. The van der Waals surface area contributed by atoms with Crippen molar-refractivity contribution in [3.8, 4) is 5.88 Å². The SMILES string of the molecule is CCCCC(CC)COc1cc(C(=O)O)cc(CC)n1. The first-order valence-corrected chi connectivity index (χ1v) is 7.47. The Morgan fingerprint density at radius 1 is 1.35 bits per heavy atom. The topological polar surface area (TPSA) is 59.4 Å². The van der Waals surface area contributed by atoms with E-state index in [1.54, 1.807) is 6.07 Å². The maximum Gasteiger partial charge on any atom is 0.335 e. The summed E-state index contributed by atoms with van der Waals surface area (Å²) < 4.78 is 5.71. The number of carboxylic acids is 1. The Hall–Kier alpha value is -1.58. The molecule has 1 aromatic heterocycles. The van der Waals surface area contributed by atoms with Crippen LogP contribution in [0, 0.1) is 5.92 Å². The van der Waals surface area contributed by atoms with Gasteiger partial charge >= 0.3 is 5.97 Å². The monoisotopic (exact) mass is 279 g/mol. The molecule has 4 heteroatoms. The van der Waals surface area contributed by atoms with Crippen molar-refractivity contribution in [3.63, 3.8) is 0 Å². The van der Waals surface area contributed by atoms with Gasteiger partial charge in [-0.05, 0) is 24.8 Å². The summed E-state index contributed by atoms with van der Waals surface area (Å²) in [4.78, 5) is 15.4. The molecule has 1 aromatic rings. The molecule has 0 saturated carbocycles. The summed E-state index contributed by atoms with van der Waals surface area (Å²) in [6.45, 7) is 6.89. The molecule has 112 valence electrons. The van der Waals surface area contributed by atoms with Gasteiger partial charge in [-0.15, -0.1) is 0 Å². The van der Waals surface area contributed by atoms with E-state index in [0.29, 0.717) is 24.8 Å². The van der Waals surface area contributed by atoms with Gasteiger partial charge in [-0.3, -0.25) is 0 Å². The molecule has 0 aliphatic carbocycles. The number of aryl methyl sites for hydroxylation is 1. The minimum absolute atomic E-state index is 0.244. The van der Waals surface area contributed by atoms with E-state index >= 15 is 0 Å². The van der Waals surface area contributed by atoms with Crippen LogP contribution < -0.4 is 4.74 Å². The summed E-state index contributed by atoms with van der Waals surface area (Å²) in [7, 11) is 0. The fourth-order valence-electron chi connectivity index (χ4n) is 2.04. The lowest BCUT2D eigenvalue weighted by Crippen LogP contribution is -2.13. The lowest BCUT2D eigenvalue weighted by molar-refractivity contribution is 0.0695. The smallest absolute Gasteiger partial charge is 0.335 e. The number of aromatic nitrogens is 1. The van der Waals surface area contributed by atoms with Crippen molar-refractivity contribution in [2.24, 2.45) is 5.92 Å². The van der Waals surface area contributed by atoms with Gasteiger partial charge in [0.1, 0.15) is 0 Å². The maximum atomic E-state index is 11.1. The lowest BCUT2D eigenvalue weighted by Gasteiger charge is -2.15. The number of unbranched alkanes of at least 4 members (excludes halogenated alkanes) is 1. The first-order valence-electron chi connectivity index (χ1n) is 7.47. The van der Waals surface area contributed by atoms with Crippen molar-refractivity contribution in [1.29, 1.82) is 0 Å². The molecule has 0 fully saturated rings. The highest BCUT2D eigenvalue weighted by atomic mass is 16.5. The first-order chi connectivity index (χ1) is 9.60. The molecule has 20 heavy (non-hydrogen) atoms. The van der Waals surface area contributed by atoms with Gasteiger partial charge in [0.05, 0.1) is 12.2 Å². The van der Waals surface area contributed by atoms with Crippen LogP contribution in [0.3, 0.4) is 0 Å². The number of nitrogens with zero attached hydrogens (tertiary/aromatic N) is 1. The highest BCUT2D eigenvalue weighted by Gasteiger charge is 2.11. The Morgan fingerprint density at radius 2 is 2.10 bits per heavy atom. The molecular formula is C16H25NO3. The zero-order valence-electron chi connectivity index (χ0n) is 12.7. The van der Waals surface area contributed by atoms with Gasteiger partial charge in [0.2, 0.25) is 5.88 Å². The average Bonchev–Trinajstić information content (AvgIpc) is 2.47. The quantitative estimate of drug-likeness (QED) is 0.744. The molecule has 1 unspecified atom stereocenters. The van der Waals surface area contributed by atoms with Crippen LogP contribution in [0.1, 0.15) is 62.5 Å². The molecule has 0 amide bonds. The normalized spacial score (nSPS) is 12.2. The Bertz CT molecular complexity index is 432. The molecule has 0 spiro atoms. The average molecular weight is 279 g/mol. The van der Waals surface area contributed by atoms with Crippen LogP contribution in [0.5, 0.6) is 5.88 Å². The molecule has 1 N–H and O–H groups in total. The third-order valence-electron chi connectivity index (χ3n) is 3.47. The van der Waals surface area contributed by atoms with Crippen molar-refractivity contribution in [3.05, 3.63) is 23.4 Å². The van der Waals surface area contributed by atoms with Crippen LogP contribution in [0.4, 0.5) is 0 Å². The van der Waals surface area contributed by atoms with E-state index in [1.165, 1.54) is 18.9 Å². The van der Waals surface area contributed by atoms with E-state index in [-0.39, 0.29) is 5.56 Å². The molecular weight excluding hydrogens is 254 g/mol. The van der Waals surface area contributed by atoms with Gasteiger partial charge in [-0.1, -0.05) is 40.0 Å². The Morgan fingerprint density at radius 3 is 2.65 bits per heavy atom. The summed E-state index contributed by atoms with van der Waals surface area (Å²) in [6, 6.07) is 3.11. The summed E-state index contributed by atoms with van der Waals surface area (Å²) in [5.74, 6) is -0.00279. The second kappa shape index (κ2) is 8.56. The summed E-state index contributed by atoms with van der Waals surface area (Å²) in [6.07, 6.45) is 5.30. The van der Waals surface area contributed by atoms with E-state index in [0.717, 1.165) is 18.5 Å². The number of pyridine rings is 1. The van der Waals surface area contributed by atoms with Gasteiger partial charge in [-0.25, -0.2) is 9.78 Å². The van der Waals surface area contributed by atoms with Crippen molar-refractivity contribution in [2.75, 3.05) is 6.61 Å². The fraction of sp³-hybridized carbons (Fsp3) is 0.625. The van der Waals surface area contributed by atoms with Crippen molar-refractivity contribution in [2.45, 2.75) is 52.9 Å². The number of rotatable bonds is 9. The van der Waals surface area contributed by atoms with Gasteiger partial charge in [-0.2, -0.15) is 0 Å². The van der Waals surface area contributed by atoms with Gasteiger partial charge in [0.25, 0.3) is 0 Å². The maximum absolute atomic E-state index is 11.1. The van der Waals surface area contributed by atoms with Gasteiger partial charge < -0.3 is 9.84 Å². The molecule has 0 aliphatic heterocycles. The summed E-state index contributed by atoms with van der Waals surface area (Å²) in [5.41, 5.74) is 0.995. The van der Waals surface area contributed by atoms with E-state index < -0.39 is 5.97 Å². The predicted molar refractivity (Wildman–Crippen MR) is 79.4 cm³/mol. The van der Waals surface area contributed by atoms with E-state index in [1.807, 2.05) is 6.92 Å². The predicted octanol–water partition coefficient (Wildman–Crippen LogP) is 3.94. The second-order valence-electron chi connectivity index (χ2n) is 5.07. The van der Waals surface area contributed by atoms with Crippen LogP contribution in [-0.4, -0.2) is 22.7 Å². The van der Waals surface area contributed by atoms with Gasteiger partial charge in [0.15, 0.2) is 0 Å². The Kier molecular flexibility index (Phi) is 7.05. The third-order valence-corrected chi connectivity index (χ3v) is 3.47. The molecule has 0 saturated heterocycles. The lowest BCUT2D eigenvalue weighted by atomic mass is 10.0. The third kappa shape index (κ3) is 5.19. The zero-order chi connectivity index (χ0) is 15.0. The van der Waals surface area contributed by atoms with Crippen molar-refractivity contribution < 1.29 is 14.6 Å². The van der Waals surface area contributed by atoms with Gasteiger partial charge in [0, 0.05) is 11.8 Å². The standard InChI is InChI=1S/C16H25NO3/c1-4-7-8-12(5-2)11-20-15-10-13(16(18)19)9-14(6-3)17-15/h9-10,12H,4-8,11H2,1-3H3,(H,18,19). The number of hydrogen-bond donors (Lipinski definition) is 1. The van der Waals surface area contributed by atoms with Crippen molar-refractivity contribution >= 4 is 5.97 Å². The number of aromatic carboxylic acids is 1. The van der Waals surface area contributed by atoms with Crippen LogP contribution in [0.2, 0.25) is 0 Å². The minimum Gasteiger partial charge on any atom is -0.478 e. The molecule has 4 nitrogen and oxygen atoms in total. The fourth-order valence-corrected chi connectivity index (χ4v) is 2.04. The number of hydrogen-bond acceptors (Lipinski definition) is 3. The number of carboxylic acid groups (broad SMARTS) is 1. The molecule has 1 heterocycles. The Labute approximate surface area is 121 Å². The number of ether oxygens (including phenoxy) is 1. The van der Waals surface area contributed by atoms with Crippen molar-refractivity contribution in [1.82, 2.24) is 4.98 Å². The van der Waals surface area contributed by atoms with Crippen LogP contribution in [-0.2, 0) is 6.42 Å². The second-order valence-corrected chi connectivity index (χ2v) is 5.07. The van der Waals surface area contributed by atoms with E-state index in [4.69, 9.17) is 9.84 Å². The highest BCUT2D eigenvalue weighted by Crippen LogP contribution is 2.17. The summed E-state index contributed by atoms with van der Waals surface area (Å²) >= 11 is 0. The Balaban J connectivity index is 2.70. The first kappa shape index (κ1) is 16.5. The zero-order valence-corrected chi connectivity index (χ0v) is 12.7. The van der Waals surface area contributed by atoms with E-state index in [2.05, 4.69) is 18.8 Å². The summed E-state index contributed by atoms with van der Waals surface area (Å²) in [5, 5.41) is 9.09. The van der Waals surface area contributed by atoms with Crippen LogP contribution in [0.15, 0.2) is 12.1 Å². The minimum atomic E-state index is -0.940. The highest BCUT2D eigenvalue weighted by molar-refractivity contribution is 5.88. The van der Waals surface area contributed by atoms with Crippen LogP contribution in [0.25, 0.3) is 0 Å². The molecule has 0 bridgehead atoms. The van der Waals surface area contributed by atoms with Crippen LogP contribution >= 0.6 is 0 Å². The molecule has 0 aromatic carbocycles.